The summed E-state index contributed by atoms with van der Waals surface area (Å²) in [5.74, 6) is -1.52. The van der Waals surface area contributed by atoms with Crippen molar-refractivity contribution >= 4 is 23.6 Å². The van der Waals surface area contributed by atoms with Gasteiger partial charge in [0.2, 0.25) is 17.5 Å². The van der Waals surface area contributed by atoms with Gasteiger partial charge in [0.1, 0.15) is 5.75 Å². The summed E-state index contributed by atoms with van der Waals surface area (Å²) in [4.78, 5) is 50.7. The lowest BCUT2D eigenvalue weighted by molar-refractivity contribution is -0.135. The fourth-order valence-corrected chi connectivity index (χ4v) is 3.73. The zero-order valence-electron chi connectivity index (χ0n) is 16.8. The molecular formula is C22H23NO6. The number of hydrogen-bond acceptors (Lipinski definition) is 6. The summed E-state index contributed by atoms with van der Waals surface area (Å²) >= 11 is 0. The maximum Gasteiger partial charge on any atom is 0.513 e. The molecule has 152 valence electrons. The van der Waals surface area contributed by atoms with Crippen molar-refractivity contribution < 1.29 is 28.7 Å². The van der Waals surface area contributed by atoms with Gasteiger partial charge in [-0.1, -0.05) is 38.1 Å². The van der Waals surface area contributed by atoms with Gasteiger partial charge in [-0.05, 0) is 30.4 Å². The van der Waals surface area contributed by atoms with E-state index < -0.39 is 29.2 Å². The van der Waals surface area contributed by atoms with E-state index in [2.05, 4.69) is 10.1 Å². The van der Waals surface area contributed by atoms with Crippen LogP contribution in [0.5, 0.6) is 5.75 Å². The number of Topliss-reactive ketones (excluding diaryl/α,β-unsaturated/α-hetero) is 2. The van der Waals surface area contributed by atoms with Crippen molar-refractivity contribution in [3.8, 4) is 5.75 Å². The second-order valence-corrected chi connectivity index (χ2v) is 7.37. The summed E-state index contributed by atoms with van der Waals surface area (Å²) in [5.41, 5.74) is -0.473. The number of rotatable bonds is 4. The van der Waals surface area contributed by atoms with Crippen LogP contribution < -0.4 is 10.1 Å². The Kier molecular flexibility index (Phi) is 5.42. The lowest BCUT2D eigenvalue weighted by atomic mass is 9.83. The van der Waals surface area contributed by atoms with Crippen molar-refractivity contribution in [1.29, 1.82) is 0 Å². The standard InChI is InChI=1S/C22H23NO6/c1-12(2)14-9-10-17(18(11-14)29-21(27)28-4)22(23-13(3)24)19(25)15-7-5-6-8-16(15)20(22)26/h7-12H,5-6H2,1-4H3,(H,23,24). The molecule has 0 saturated heterocycles. The highest BCUT2D eigenvalue weighted by molar-refractivity contribution is 6.36. The SMILES string of the molecule is COC(=O)Oc1cc(C(C)C)ccc1C1(NC(C)=O)C(=O)C2=CCCC=C2C1=O. The molecular weight excluding hydrogens is 374 g/mol. The van der Waals surface area contributed by atoms with E-state index in [0.29, 0.717) is 12.8 Å². The van der Waals surface area contributed by atoms with Crippen molar-refractivity contribution in [2.75, 3.05) is 7.11 Å². The predicted molar refractivity (Wildman–Crippen MR) is 104 cm³/mol. The first-order valence-electron chi connectivity index (χ1n) is 9.41. The Labute approximate surface area is 168 Å². The third-order valence-corrected chi connectivity index (χ3v) is 5.12. The highest BCUT2D eigenvalue weighted by Crippen LogP contribution is 2.45. The predicted octanol–water partition coefficient (Wildman–Crippen LogP) is 3.09. The number of benzene rings is 1. The van der Waals surface area contributed by atoms with Crippen molar-refractivity contribution in [2.24, 2.45) is 0 Å². The molecule has 7 heteroatoms. The minimum atomic E-state index is -1.98. The Morgan fingerprint density at radius 2 is 1.66 bits per heavy atom. The molecule has 1 aromatic rings. The van der Waals surface area contributed by atoms with Crippen molar-refractivity contribution in [2.45, 2.75) is 45.1 Å². The van der Waals surface area contributed by atoms with Crippen LogP contribution in [-0.4, -0.2) is 30.7 Å². The average molecular weight is 397 g/mol. The maximum atomic E-state index is 13.4. The van der Waals surface area contributed by atoms with E-state index in [9.17, 15) is 19.2 Å². The highest BCUT2D eigenvalue weighted by Gasteiger charge is 2.58. The quantitative estimate of drug-likeness (QED) is 0.476. The molecule has 7 nitrogen and oxygen atoms in total. The summed E-state index contributed by atoms with van der Waals surface area (Å²) in [7, 11) is 1.16. The summed E-state index contributed by atoms with van der Waals surface area (Å²) < 4.78 is 9.89. The van der Waals surface area contributed by atoms with E-state index in [1.54, 1.807) is 30.4 Å². The van der Waals surface area contributed by atoms with Gasteiger partial charge in [-0.3, -0.25) is 14.4 Å². The van der Waals surface area contributed by atoms with E-state index in [1.807, 2.05) is 13.8 Å². The summed E-state index contributed by atoms with van der Waals surface area (Å²) in [6.45, 7) is 5.14. The topological polar surface area (TPSA) is 98.8 Å². The molecule has 0 atom stereocenters. The molecule has 0 radical (unpaired) electrons. The van der Waals surface area contributed by atoms with Crippen LogP contribution in [-0.2, 0) is 24.7 Å². The van der Waals surface area contributed by atoms with Gasteiger partial charge < -0.3 is 14.8 Å². The van der Waals surface area contributed by atoms with Crippen LogP contribution in [0.4, 0.5) is 4.79 Å². The molecule has 1 saturated carbocycles. The van der Waals surface area contributed by atoms with Crippen LogP contribution in [0.2, 0.25) is 0 Å². The number of carbonyl (C=O) groups excluding carboxylic acids is 4. The fourth-order valence-electron chi connectivity index (χ4n) is 3.73. The normalized spacial score (nSPS) is 17.4. The molecule has 2 aliphatic carbocycles. The van der Waals surface area contributed by atoms with E-state index in [-0.39, 0.29) is 28.4 Å². The van der Waals surface area contributed by atoms with E-state index in [0.717, 1.165) is 12.7 Å². The molecule has 3 rings (SSSR count). The van der Waals surface area contributed by atoms with Crippen LogP contribution in [0.1, 0.15) is 50.7 Å². The van der Waals surface area contributed by atoms with Gasteiger partial charge in [0.15, 0.2) is 5.54 Å². The molecule has 1 amide bonds. The number of carbonyl (C=O) groups is 4. The van der Waals surface area contributed by atoms with Gasteiger partial charge in [0, 0.05) is 23.6 Å². The summed E-state index contributed by atoms with van der Waals surface area (Å²) in [6, 6.07) is 4.89. The number of amides is 1. The molecule has 0 unspecified atom stereocenters. The summed E-state index contributed by atoms with van der Waals surface area (Å²) in [5, 5.41) is 2.56. The number of nitrogens with one attached hydrogen (secondary N) is 1. The number of fused-ring (bicyclic) bond motifs is 1. The Morgan fingerprint density at radius 3 is 2.14 bits per heavy atom. The van der Waals surface area contributed by atoms with Gasteiger partial charge in [0.05, 0.1) is 7.11 Å². The lowest BCUT2D eigenvalue weighted by Crippen LogP contribution is -2.53. The highest BCUT2D eigenvalue weighted by atomic mass is 16.7. The molecule has 0 aromatic heterocycles. The molecule has 1 aromatic carbocycles. The summed E-state index contributed by atoms with van der Waals surface area (Å²) in [6.07, 6.45) is 3.70. The molecule has 0 heterocycles. The maximum absolute atomic E-state index is 13.4. The molecule has 1 fully saturated rings. The minimum Gasteiger partial charge on any atom is -0.437 e. The Balaban J connectivity index is 2.28. The molecule has 0 spiro atoms. The third-order valence-electron chi connectivity index (χ3n) is 5.12. The monoisotopic (exact) mass is 397 g/mol. The van der Waals surface area contributed by atoms with Crippen LogP contribution in [0, 0.1) is 0 Å². The fraction of sp³-hybridized carbons (Fsp3) is 0.364. The van der Waals surface area contributed by atoms with E-state index in [1.165, 1.54) is 6.92 Å². The van der Waals surface area contributed by atoms with Gasteiger partial charge in [-0.2, -0.15) is 0 Å². The van der Waals surface area contributed by atoms with Crippen LogP contribution in [0.15, 0.2) is 41.5 Å². The largest absolute Gasteiger partial charge is 0.513 e. The van der Waals surface area contributed by atoms with Gasteiger partial charge in [-0.15, -0.1) is 0 Å². The molecule has 2 aliphatic rings. The number of allylic oxidation sites excluding steroid dienone is 2. The minimum absolute atomic E-state index is 0.00153. The first-order valence-corrected chi connectivity index (χ1v) is 9.41. The smallest absolute Gasteiger partial charge is 0.437 e. The third kappa shape index (κ3) is 3.37. The molecule has 29 heavy (non-hydrogen) atoms. The van der Waals surface area contributed by atoms with Crippen molar-refractivity contribution in [3.05, 3.63) is 52.6 Å². The van der Waals surface area contributed by atoms with Crippen LogP contribution >= 0.6 is 0 Å². The number of methoxy groups -OCH3 is 1. The number of ether oxygens (including phenoxy) is 2. The van der Waals surface area contributed by atoms with Gasteiger partial charge >= 0.3 is 6.16 Å². The second-order valence-electron chi connectivity index (χ2n) is 7.37. The zero-order chi connectivity index (χ0) is 21.3. The van der Waals surface area contributed by atoms with Crippen LogP contribution in [0.3, 0.4) is 0 Å². The first kappa shape index (κ1) is 20.5. The van der Waals surface area contributed by atoms with Crippen LogP contribution in [0.25, 0.3) is 0 Å². The van der Waals surface area contributed by atoms with E-state index in [4.69, 9.17) is 4.74 Å². The molecule has 1 N–H and O–H groups in total. The Hall–Kier alpha value is -3.22. The Bertz CT molecular complexity index is 938. The van der Waals surface area contributed by atoms with Gasteiger partial charge in [0.25, 0.3) is 0 Å². The first-order chi connectivity index (χ1) is 13.7. The lowest BCUT2D eigenvalue weighted by Gasteiger charge is -2.28. The molecule has 0 bridgehead atoms. The second kappa shape index (κ2) is 7.66. The molecule has 0 aliphatic heterocycles. The van der Waals surface area contributed by atoms with Gasteiger partial charge in [-0.25, -0.2) is 4.79 Å². The van der Waals surface area contributed by atoms with Crippen molar-refractivity contribution in [1.82, 2.24) is 5.32 Å². The van der Waals surface area contributed by atoms with E-state index >= 15 is 0 Å². The Morgan fingerprint density at radius 1 is 1.07 bits per heavy atom. The number of hydrogen-bond donors (Lipinski definition) is 1. The number of ketones is 2. The average Bonchev–Trinajstić information content (AvgIpc) is 2.90. The van der Waals surface area contributed by atoms with Crippen molar-refractivity contribution in [3.63, 3.8) is 0 Å². The zero-order valence-corrected chi connectivity index (χ0v) is 16.8.